The molecule has 8 nitrogen and oxygen atoms in total. The van der Waals surface area contributed by atoms with Gasteiger partial charge in [-0.2, -0.15) is 8.78 Å². The van der Waals surface area contributed by atoms with Crippen molar-refractivity contribution in [3.8, 4) is 16.9 Å². The quantitative estimate of drug-likeness (QED) is 0.351. The number of nitrogens with zero attached hydrogens (tertiary/aromatic N) is 5. The third kappa shape index (κ3) is 5.20. The van der Waals surface area contributed by atoms with Gasteiger partial charge in [0, 0.05) is 66.6 Å². The molecule has 1 aliphatic heterocycles. The maximum Gasteiger partial charge on any atom is 0.387 e. The predicted molar refractivity (Wildman–Crippen MR) is 134 cm³/mol. The lowest BCUT2D eigenvalue weighted by Crippen LogP contribution is -2.37. The van der Waals surface area contributed by atoms with Crippen molar-refractivity contribution >= 4 is 29.2 Å². The van der Waals surface area contributed by atoms with E-state index in [2.05, 4.69) is 15.0 Å². The van der Waals surface area contributed by atoms with E-state index in [9.17, 15) is 18.7 Å². The molecule has 0 amide bonds. The summed E-state index contributed by atoms with van der Waals surface area (Å²) in [7, 11) is 0. The second-order valence-corrected chi connectivity index (χ2v) is 9.35. The third-order valence-electron chi connectivity index (χ3n) is 6.63. The lowest BCUT2D eigenvalue weighted by molar-refractivity contribution is -0.142. The fourth-order valence-electron chi connectivity index (χ4n) is 4.65. The summed E-state index contributed by atoms with van der Waals surface area (Å²) in [5.41, 5.74) is 4.21. The summed E-state index contributed by atoms with van der Waals surface area (Å²) in [5, 5.41) is 9.68. The van der Waals surface area contributed by atoms with E-state index in [1.807, 2.05) is 22.4 Å². The maximum atomic E-state index is 12.9. The Morgan fingerprint density at radius 3 is 2.59 bits per heavy atom. The average molecular weight is 528 g/mol. The number of halogens is 3. The number of ether oxygens (including phenoxy) is 1. The number of rotatable bonds is 7. The van der Waals surface area contributed by atoms with Crippen LogP contribution in [-0.4, -0.2) is 50.1 Å². The number of carboxylic acids is 1. The highest BCUT2D eigenvalue weighted by Gasteiger charge is 2.25. The average Bonchev–Trinajstić information content (AvgIpc) is 3.18. The van der Waals surface area contributed by atoms with Crippen molar-refractivity contribution < 1.29 is 23.4 Å². The Hall–Kier alpha value is -3.79. The monoisotopic (exact) mass is 527 g/mol. The van der Waals surface area contributed by atoms with Crippen LogP contribution in [0.5, 0.6) is 5.75 Å². The molecule has 1 fully saturated rings. The van der Waals surface area contributed by atoms with Gasteiger partial charge in [-0.15, -0.1) is 0 Å². The van der Waals surface area contributed by atoms with Crippen LogP contribution in [0.4, 0.5) is 14.7 Å². The van der Waals surface area contributed by atoms with Gasteiger partial charge in [-0.05, 0) is 25.8 Å². The lowest BCUT2D eigenvalue weighted by atomic mass is 9.97. The number of benzene rings is 1. The molecule has 192 valence electrons. The van der Waals surface area contributed by atoms with E-state index in [4.69, 9.17) is 16.3 Å². The van der Waals surface area contributed by atoms with E-state index < -0.39 is 12.6 Å². The summed E-state index contributed by atoms with van der Waals surface area (Å²) in [6.45, 7) is 0.105. The van der Waals surface area contributed by atoms with Crippen LogP contribution in [0.1, 0.15) is 29.8 Å². The van der Waals surface area contributed by atoms with Gasteiger partial charge < -0.3 is 19.1 Å². The minimum absolute atomic E-state index is 0.123. The van der Waals surface area contributed by atoms with Gasteiger partial charge in [-0.1, -0.05) is 29.8 Å². The summed E-state index contributed by atoms with van der Waals surface area (Å²) >= 11 is 6.60. The van der Waals surface area contributed by atoms with Crippen LogP contribution in [0, 0.1) is 12.8 Å². The smallest absolute Gasteiger partial charge is 0.387 e. The second kappa shape index (κ2) is 10.3. The highest BCUT2D eigenvalue weighted by atomic mass is 35.5. The Balaban J connectivity index is 1.43. The standard InChI is InChI=1S/C26H24ClF2N5O3/c1-15-21(10-17-4-2-3-5-22(17)37-25(28)29)34-14-19(20(27)11-23(34)32-15)18-12-30-26(31-13-18)33-8-6-16(7-9-33)24(35)36/h2-5,11-14,16,25H,6-10H2,1H3,(H,35,36). The Kier molecular flexibility index (Phi) is 6.92. The molecule has 0 atom stereocenters. The van der Waals surface area contributed by atoms with E-state index in [-0.39, 0.29) is 11.7 Å². The van der Waals surface area contributed by atoms with Crippen LogP contribution in [0.25, 0.3) is 16.8 Å². The number of anilines is 1. The first-order valence-electron chi connectivity index (χ1n) is 11.8. The van der Waals surface area contributed by atoms with Crippen LogP contribution in [0.15, 0.2) is 48.9 Å². The molecule has 0 spiro atoms. The third-order valence-corrected chi connectivity index (χ3v) is 6.94. The van der Waals surface area contributed by atoms with Crippen LogP contribution in [-0.2, 0) is 11.2 Å². The van der Waals surface area contributed by atoms with Gasteiger partial charge in [0.15, 0.2) is 0 Å². The number of carboxylic acid groups (broad SMARTS) is 1. The molecule has 4 aromatic rings. The molecule has 0 bridgehead atoms. The molecule has 37 heavy (non-hydrogen) atoms. The van der Waals surface area contributed by atoms with Gasteiger partial charge in [0.2, 0.25) is 5.95 Å². The minimum atomic E-state index is -2.92. The van der Waals surface area contributed by atoms with E-state index in [0.29, 0.717) is 65.7 Å². The molecule has 1 aromatic carbocycles. The number of imidazole rings is 1. The first-order chi connectivity index (χ1) is 17.8. The molecule has 3 aromatic heterocycles. The molecule has 5 rings (SSSR count). The van der Waals surface area contributed by atoms with E-state index in [1.54, 1.807) is 36.7 Å². The number of piperidine rings is 1. The van der Waals surface area contributed by atoms with Crippen LogP contribution < -0.4 is 9.64 Å². The number of hydrogen-bond acceptors (Lipinski definition) is 6. The number of alkyl halides is 2. The van der Waals surface area contributed by atoms with Crippen LogP contribution in [0.2, 0.25) is 5.02 Å². The van der Waals surface area contributed by atoms with Gasteiger partial charge in [-0.3, -0.25) is 4.79 Å². The van der Waals surface area contributed by atoms with Crippen molar-refractivity contribution in [3.63, 3.8) is 0 Å². The number of fused-ring (bicyclic) bond motifs is 1. The summed E-state index contributed by atoms with van der Waals surface area (Å²) < 4.78 is 32.4. The number of pyridine rings is 1. The van der Waals surface area contributed by atoms with Gasteiger partial charge >= 0.3 is 12.6 Å². The molecule has 0 unspecified atom stereocenters. The van der Waals surface area contributed by atoms with Crippen LogP contribution in [0.3, 0.4) is 0 Å². The molecule has 4 heterocycles. The largest absolute Gasteiger partial charge is 0.481 e. The molecule has 1 aliphatic rings. The summed E-state index contributed by atoms with van der Waals surface area (Å²) in [6, 6.07) is 8.44. The molecule has 0 saturated carbocycles. The van der Waals surface area contributed by atoms with E-state index in [0.717, 1.165) is 11.4 Å². The normalized spacial score (nSPS) is 14.5. The lowest BCUT2D eigenvalue weighted by Gasteiger charge is -2.30. The summed E-state index contributed by atoms with van der Waals surface area (Å²) in [5.74, 6) is -0.431. The van der Waals surface area contributed by atoms with E-state index in [1.165, 1.54) is 6.07 Å². The number of carbonyl (C=O) groups is 1. The van der Waals surface area contributed by atoms with Crippen molar-refractivity contribution in [1.29, 1.82) is 0 Å². The second-order valence-electron chi connectivity index (χ2n) is 8.94. The molecule has 0 radical (unpaired) electrons. The van der Waals surface area contributed by atoms with Gasteiger partial charge in [0.25, 0.3) is 0 Å². The zero-order valence-corrected chi connectivity index (χ0v) is 20.7. The van der Waals surface area contributed by atoms with Crippen molar-refractivity contribution in [2.45, 2.75) is 32.8 Å². The topological polar surface area (TPSA) is 92.9 Å². The molecule has 1 saturated heterocycles. The highest BCUT2D eigenvalue weighted by molar-refractivity contribution is 6.33. The minimum Gasteiger partial charge on any atom is -0.481 e. The first kappa shape index (κ1) is 24.9. The van der Waals surface area contributed by atoms with E-state index >= 15 is 0 Å². The summed E-state index contributed by atoms with van der Waals surface area (Å²) in [4.78, 5) is 26.8. The predicted octanol–water partition coefficient (Wildman–Crippen LogP) is 5.25. The Labute approximate surface area is 216 Å². The number of aryl methyl sites for hydroxylation is 1. The highest BCUT2D eigenvalue weighted by Crippen LogP contribution is 2.32. The number of aliphatic carboxylic acids is 1. The van der Waals surface area contributed by atoms with Crippen molar-refractivity contribution in [1.82, 2.24) is 19.4 Å². The van der Waals surface area contributed by atoms with Crippen molar-refractivity contribution in [2.75, 3.05) is 18.0 Å². The van der Waals surface area contributed by atoms with Gasteiger partial charge in [0.1, 0.15) is 11.4 Å². The van der Waals surface area contributed by atoms with Gasteiger partial charge in [-0.25, -0.2) is 15.0 Å². The Morgan fingerprint density at radius 2 is 1.92 bits per heavy atom. The zero-order chi connectivity index (χ0) is 26.1. The number of aromatic nitrogens is 4. The van der Waals surface area contributed by atoms with Gasteiger partial charge in [0.05, 0.1) is 16.6 Å². The summed E-state index contributed by atoms with van der Waals surface area (Å²) in [6.07, 6.45) is 6.66. The maximum absolute atomic E-state index is 12.9. The Morgan fingerprint density at radius 1 is 1.22 bits per heavy atom. The molecule has 1 N–H and O–H groups in total. The molecule has 11 heteroatoms. The fourth-order valence-corrected chi connectivity index (χ4v) is 4.90. The SMILES string of the molecule is Cc1nc2cc(Cl)c(-c3cnc(N4CCC(C(=O)O)CC4)nc3)cn2c1Cc1ccccc1OC(F)F. The molecular formula is C26H24ClF2N5O3. The molecular weight excluding hydrogens is 504 g/mol. The first-order valence-corrected chi connectivity index (χ1v) is 12.2. The fraction of sp³-hybridized carbons (Fsp3) is 0.308. The van der Waals surface area contributed by atoms with Crippen molar-refractivity contribution in [2.24, 2.45) is 5.92 Å². The van der Waals surface area contributed by atoms with Crippen molar-refractivity contribution in [3.05, 3.63) is 70.9 Å². The number of hydrogen-bond donors (Lipinski definition) is 1. The zero-order valence-electron chi connectivity index (χ0n) is 19.9. The number of para-hydroxylation sites is 1. The Bertz CT molecular complexity index is 1440. The molecule has 0 aliphatic carbocycles. The van der Waals surface area contributed by atoms with Crippen LogP contribution >= 0.6 is 11.6 Å².